The van der Waals surface area contributed by atoms with Gasteiger partial charge in [0.15, 0.2) is 0 Å². The molecule has 0 aliphatic heterocycles. The molecule has 0 spiro atoms. The second-order valence-electron chi connectivity index (χ2n) is 7.69. The smallest absolute Gasteiger partial charge is 0.258 e. The number of para-hydroxylation sites is 1. The lowest BCUT2D eigenvalue weighted by Gasteiger charge is -2.12. The normalized spacial score (nSPS) is 14.2. The number of aromatic amines is 1. The molecule has 1 amide bonds. The highest BCUT2D eigenvalue weighted by Crippen LogP contribution is 2.25. The molecular weight excluding hydrogens is 364 g/mol. The van der Waals surface area contributed by atoms with Crippen molar-refractivity contribution in [3.63, 3.8) is 0 Å². The van der Waals surface area contributed by atoms with Crippen molar-refractivity contribution in [3.8, 4) is 0 Å². The Balaban J connectivity index is 1.28. The highest BCUT2D eigenvalue weighted by Gasteiger charge is 2.14. The van der Waals surface area contributed by atoms with E-state index in [1.54, 1.807) is 12.1 Å². The van der Waals surface area contributed by atoms with Crippen LogP contribution in [0.15, 0.2) is 53.3 Å². The summed E-state index contributed by atoms with van der Waals surface area (Å²) in [6.45, 7) is 1.02. The maximum Gasteiger partial charge on any atom is 0.258 e. The van der Waals surface area contributed by atoms with Crippen molar-refractivity contribution in [3.05, 3.63) is 64.7 Å². The molecule has 3 N–H and O–H groups in total. The summed E-state index contributed by atoms with van der Waals surface area (Å²) in [5.74, 6) is 1.20. The quantitative estimate of drug-likeness (QED) is 0.567. The number of nitrogens with one attached hydrogen (secondary N) is 3. The van der Waals surface area contributed by atoms with E-state index in [2.05, 4.69) is 20.6 Å². The molecule has 6 heteroatoms. The fourth-order valence-corrected chi connectivity index (χ4v) is 3.86. The molecule has 6 nitrogen and oxygen atoms in total. The van der Waals surface area contributed by atoms with Crippen molar-refractivity contribution in [1.82, 2.24) is 9.97 Å². The SMILES string of the molecule is O=C(CCc1nc2ccccc2c(=O)[nH]1)Nc1ccc(NCC2CCCC2)cc1. The third kappa shape index (κ3) is 5.02. The number of aromatic nitrogens is 2. The third-order valence-electron chi connectivity index (χ3n) is 5.49. The maximum atomic E-state index is 12.3. The Hall–Kier alpha value is -3.15. The van der Waals surface area contributed by atoms with Crippen LogP contribution in [0.4, 0.5) is 11.4 Å². The predicted molar refractivity (Wildman–Crippen MR) is 116 cm³/mol. The summed E-state index contributed by atoms with van der Waals surface area (Å²) in [4.78, 5) is 31.6. The molecule has 2 aromatic carbocycles. The molecule has 1 saturated carbocycles. The summed E-state index contributed by atoms with van der Waals surface area (Å²) in [5.41, 5.74) is 2.31. The monoisotopic (exact) mass is 390 g/mol. The lowest BCUT2D eigenvalue weighted by molar-refractivity contribution is -0.116. The second kappa shape index (κ2) is 8.90. The van der Waals surface area contributed by atoms with Gasteiger partial charge in [-0.15, -0.1) is 0 Å². The zero-order chi connectivity index (χ0) is 20.1. The van der Waals surface area contributed by atoms with E-state index in [0.29, 0.717) is 23.1 Å². The number of rotatable bonds is 7. The van der Waals surface area contributed by atoms with E-state index in [0.717, 1.165) is 23.8 Å². The molecule has 1 fully saturated rings. The molecule has 0 saturated heterocycles. The molecular formula is C23H26N4O2. The number of nitrogens with zero attached hydrogens (tertiary/aromatic N) is 1. The van der Waals surface area contributed by atoms with Gasteiger partial charge in [0.05, 0.1) is 10.9 Å². The van der Waals surface area contributed by atoms with E-state index in [9.17, 15) is 9.59 Å². The van der Waals surface area contributed by atoms with Crippen LogP contribution in [0.3, 0.4) is 0 Å². The van der Waals surface area contributed by atoms with E-state index < -0.39 is 0 Å². The van der Waals surface area contributed by atoms with Gasteiger partial charge in [0, 0.05) is 30.8 Å². The molecule has 3 aromatic rings. The molecule has 1 aromatic heterocycles. The van der Waals surface area contributed by atoms with Gasteiger partial charge in [0.1, 0.15) is 5.82 Å². The lowest BCUT2D eigenvalue weighted by atomic mass is 10.1. The van der Waals surface area contributed by atoms with Gasteiger partial charge in [0.25, 0.3) is 5.56 Å². The van der Waals surface area contributed by atoms with Crippen molar-refractivity contribution in [2.24, 2.45) is 5.92 Å². The Morgan fingerprint density at radius 2 is 1.76 bits per heavy atom. The van der Waals surface area contributed by atoms with Crippen molar-refractivity contribution < 1.29 is 4.79 Å². The number of aryl methyl sites for hydroxylation is 1. The minimum Gasteiger partial charge on any atom is -0.385 e. The van der Waals surface area contributed by atoms with E-state index in [-0.39, 0.29) is 17.9 Å². The van der Waals surface area contributed by atoms with Gasteiger partial charge in [-0.3, -0.25) is 9.59 Å². The Morgan fingerprint density at radius 3 is 2.55 bits per heavy atom. The summed E-state index contributed by atoms with van der Waals surface area (Å²) in [6.07, 6.45) is 5.96. The summed E-state index contributed by atoms with van der Waals surface area (Å²) < 4.78 is 0. The molecule has 0 bridgehead atoms. The first-order chi connectivity index (χ1) is 14.2. The summed E-state index contributed by atoms with van der Waals surface area (Å²) in [5, 5.41) is 6.94. The van der Waals surface area contributed by atoms with Crippen molar-refractivity contribution in [2.75, 3.05) is 17.2 Å². The van der Waals surface area contributed by atoms with E-state index >= 15 is 0 Å². The molecule has 1 aliphatic rings. The summed E-state index contributed by atoms with van der Waals surface area (Å²) in [7, 11) is 0. The Labute approximate surface area is 169 Å². The number of hydrogen-bond donors (Lipinski definition) is 3. The van der Waals surface area contributed by atoms with Gasteiger partial charge >= 0.3 is 0 Å². The highest BCUT2D eigenvalue weighted by molar-refractivity contribution is 5.91. The fourth-order valence-electron chi connectivity index (χ4n) is 3.86. The number of carbonyl (C=O) groups is 1. The van der Waals surface area contributed by atoms with Crippen LogP contribution < -0.4 is 16.2 Å². The highest BCUT2D eigenvalue weighted by atomic mass is 16.1. The van der Waals surface area contributed by atoms with Gasteiger partial charge in [-0.1, -0.05) is 25.0 Å². The van der Waals surface area contributed by atoms with Crippen LogP contribution in [-0.2, 0) is 11.2 Å². The second-order valence-corrected chi connectivity index (χ2v) is 7.69. The van der Waals surface area contributed by atoms with E-state index in [4.69, 9.17) is 0 Å². The maximum absolute atomic E-state index is 12.3. The van der Waals surface area contributed by atoms with Crippen LogP contribution in [0, 0.1) is 5.92 Å². The minimum atomic E-state index is -0.174. The molecule has 4 rings (SSSR count). The third-order valence-corrected chi connectivity index (χ3v) is 5.49. The average Bonchev–Trinajstić information content (AvgIpc) is 3.26. The molecule has 0 atom stereocenters. The van der Waals surface area contributed by atoms with Crippen molar-refractivity contribution in [1.29, 1.82) is 0 Å². The van der Waals surface area contributed by atoms with E-state index in [1.165, 1.54) is 25.7 Å². The van der Waals surface area contributed by atoms with E-state index in [1.807, 2.05) is 36.4 Å². The van der Waals surface area contributed by atoms with Crippen LogP contribution in [0.5, 0.6) is 0 Å². The first-order valence-corrected chi connectivity index (χ1v) is 10.3. The van der Waals surface area contributed by atoms with Crippen LogP contribution in [0.25, 0.3) is 10.9 Å². The molecule has 150 valence electrons. The average molecular weight is 390 g/mol. The topological polar surface area (TPSA) is 86.9 Å². The number of benzene rings is 2. The fraction of sp³-hybridized carbons (Fsp3) is 0.348. The number of amides is 1. The predicted octanol–water partition coefficient (Wildman–Crippen LogP) is 4.10. The Kier molecular flexibility index (Phi) is 5.89. The first-order valence-electron chi connectivity index (χ1n) is 10.3. The minimum absolute atomic E-state index is 0.104. The zero-order valence-corrected chi connectivity index (χ0v) is 16.4. The number of anilines is 2. The largest absolute Gasteiger partial charge is 0.385 e. The van der Waals surface area contributed by atoms with Gasteiger partial charge in [-0.2, -0.15) is 0 Å². The number of H-pyrrole nitrogens is 1. The van der Waals surface area contributed by atoms with Gasteiger partial charge in [-0.05, 0) is 55.2 Å². The number of hydrogen-bond acceptors (Lipinski definition) is 4. The molecule has 29 heavy (non-hydrogen) atoms. The molecule has 1 aliphatic carbocycles. The van der Waals surface area contributed by atoms with Gasteiger partial charge < -0.3 is 15.6 Å². The van der Waals surface area contributed by atoms with Crippen LogP contribution in [0.2, 0.25) is 0 Å². The zero-order valence-electron chi connectivity index (χ0n) is 16.4. The van der Waals surface area contributed by atoms with Crippen LogP contribution >= 0.6 is 0 Å². The molecule has 1 heterocycles. The lowest BCUT2D eigenvalue weighted by Crippen LogP contribution is -2.16. The van der Waals surface area contributed by atoms with Crippen molar-refractivity contribution >= 4 is 28.2 Å². The molecule has 0 unspecified atom stereocenters. The van der Waals surface area contributed by atoms with Gasteiger partial charge in [0.2, 0.25) is 5.91 Å². The first kappa shape index (κ1) is 19.2. The van der Waals surface area contributed by atoms with Crippen molar-refractivity contribution in [2.45, 2.75) is 38.5 Å². The molecule has 0 radical (unpaired) electrons. The number of fused-ring (bicyclic) bond motifs is 1. The number of carbonyl (C=O) groups excluding carboxylic acids is 1. The van der Waals surface area contributed by atoms with Gasteiger partial charge in [-0.25, -0.2) is 4.98 Å². The Morgan fingerprint density at radius 1 is 1.03 bits per heavy atom. The standard InChI is InChI=1S/C23H26N4O2/c28-22(14-13-21-26-20-8-4-3-7-19(20)23(29)27-21)25-18-11-9-17(10-12-18)24-15-16-5-1-2-6-16/h3-4,7-12,16,24H,1-2,5-6,13-15H2,(H,25,28)(H,26,27,29). The Bertz CT molecular complexity index is 1040. The van der Waals surface area contributed by atoms with Crippen LogP contribution in [-0.4, -0.2) is 22.4 Å². The van der Waals surface area contributed by atoms with Crippen LogP contribution in [0.1, 0.15) is 37.9 Å². The summed E-state index contributed by atoms with van der Waals surface area (Å²) >= 11 is 0. The summed E-state index contributed by atoms with van der Waals surface area (Å²) in [6, 6.07) is 15.0.